The molecule has 1 heterocycles. The van der Waals surface area contributed by atoms with Gasteiger partial charge in [-0.15, -0.1) is 0 Å². The predicted octanol–water partition coefficient (Wildman–Crippen LogP) is 3.99. The topological polar surface area (TPSA) is 54.0 Å². The Labute approximate surface area is 116 Å². The average Bonchev–Trinajstić information content (AvgIpc) is 2.90. The van der Waals surface area contributed by atoms with Crippen LogP contribution in [0.3, 0.4) is 0 Å². The van der Waals surface area contributed by atoms with Gasteiger partial charge < -0.3 is 4.42 Å². The Morgan fingerprint density at radius 3 is 2.53 bits per heavy atom. The smallest absolute Gasteiger partial charge is 0.219 e. The Hall–Kier alpha value is -2.05. The first-order chi connectivity index (χ1) is 9.15. The summed E-state index contributed by atoms with van der Waals surface area (Å²) in [5, 5.41) is 9.77. The predicted molar refractivity (Wildman–Crippen MR) is 72.2 cm³/mol. The minimum atomic E-state index is -0.867. The molecule has 0 saturated heterocycles. The van der Waals surface area contributed by atoms with Gasteiger partial charge in [0.2, 0.25) is 5.78 Å². The highest BCUT2D eigenvalue weighted by Gasteiger charge is 2.24. The van der Waals surface area contributed by atoms with Crippen LogP contribution in [0.15, 0.2) is 40.8 Å². The molecule has 0 saturated carbocycles. The summed E-state index contributed by atoms with van der Waals surface area (Å²) >= 11 is 5.79. The lowest BCUT2D eigenvalue weighted by Gasteiger charge is -2.06. The van der Waals surface area contributed by atoms with E-state index in [1.54, 1.807) is 36.4 Å². The number of hydrogen-bond donors (Lipinski definition) is 0. The van der Waals surface area contributed by atoms with Crippen LogP contribution < -0.4 is 0 Å². The van der Waals surface area contributed by atoms with Crippen LogP contribution in [-0.2, 0) is 6.42 Å². The molecule has 96 valence electrons. The molecular formula is C15H12ClNO2. The fourth-order valence-electron chi connectivity index (χ4n) is 1.78. The standard InChI is InChI=1S/C15H12ClNO2/c1-2-12-7-8-14(19-12)15(18)13(9-17)10-3-5-11(16)6-4-10/h3-8,13H,2H2,1H3. The summed E-state index contributed by atoms with van der Waals surface area (Å²) in [4.78, 5) is 12.2. The molecule has 0 aliphatic heterocycles. The first-order valence-electron chi connectivity index (χ1n) is 5.93. The van der Waals surface area contributed by atoms with Gasteiger partial charge in [-0.25, -0.2) is 0 Å². The number of nitriles is 1. The molecule has 0 bridgehead atoms. The third-order valence-corrected chi connectivity index (χ3v) is 3.10. The number of nitrogens with zero attached hydrogens (tertiary/aromatic N) is 1. The van der Waals surface area contributed by atoms with Crippen molar-refractivity contribution in [1.29, 1.82) is 5.26 Å². The van der Waals surface area contributed by atoms with Gasteiger partial charge in [-0.05, 0) is 29.8 Å². The Balaban J connectivity index is 2.29. The summed E-state index contributed by atoms with van der Waals surface area (Å²) in [5.74, 6) is -0.243. The molecule has 1 aromatic heterocycles. The zero-order valence-electron chi connectivity index (χ0n) is 10.4. The van der Waals surface area contributed by atoms with Crippen LogP contribution >= 0.6 is 11.6 Å². The third-order valence-electron chi connectivity index (χ3n) is 2.85. The van der Waals surface area contributed by atoms with Crippen LogP contribution in [0.1, 0.15) is 34.7 Å². The summed E-state index contributed by atoms with van der Waals surface area (Å²) in [6, 6.07) is 12.1. The number of furan rings is 1. The minimum Gasteiger partial charge on any atom is -0.458 e. The summed E-state index contributed by atoms with van der Waals surface area (Å²) in [6.45, 7) is 1.94. The van der Waals surface area contributed by atoms with Crippen molar-refractivity contribution in [1.82, 2.24) is 0 Å². The zero-order valence-corrected chi connectivity index (χ0v) is 11.1. The van der Waals surface area contributed by atoms with E-state index in [1.807, 2.05) is 13.0 Å². The monoisotopic (exact) mass is 273 g/mol. The van der Waals surface area contributed by atoms with Crippen molar-refractivity contribution in [3.8, 4) is 6.07 Å². The van der Waals surface area contributed by atoms with Gasteiger partial charge in [0, 0.05) is 11.4 Å². The van der Waals surface area contributed by atoms with Crippen molar-refractivity contribution in [3.63, 3.8) is 0 Å². The Morgan fingerprint density at radius 2 is 2.00 bits per heavy atom. The van der Waals surface area contributed by atoms with Gasteiger partial charge in [0.1, 0.15) is 11.7 Å². The van der Waals surface area contributed by atoms with Crippen LogP contribution in [0.2, 0.25) is 5.02 Å². The zero-order chi connectivity index (χ0) is 13.8. The highest BCUT2D eigenvalue weighted by Crippen LogP contribution is 2.23. The number of rotatable bonds is 4. The first kappa shape index (κ1) is 13.4. The van der Waals surface area contributed by atoms with E-state index < -0.39 is 5.92 Å². The van der Waals surface area contributed by atoms with Crippen molar-refractivity contribution < 1.29 is 9.21 Å². The van der Waals surface area contributed by atoms with Crippen LogP contribution in [0, 0.1) is 11.3 Å². The average molecular weight is 274 g/mol. The molecule has 2 aromatic rings. The van der Waals surface area contributed by atoms with Gasteiger partial charge in [-0.3, -0.25) is 4.79 Å². The van der Waals surface area contributed by atoms with E-state index in [0.717, 1.165) is 5.76 Å². The van der Waals surface area contributed by atoms with Crippen molar-refractivity contribution in [3.05, 3.63) is 58.5 Å². The molecule has 4 heteroatoms. The van der Waals surface area contributed by atoms with Crippen molar-refractivity contribution in [2.45, 2.75) is 19.3 Å². The molecule has 0 fully saturated rings. The third kappa shape index (κ3) is 2.86. The van der Waals surface area contributed by atoms with E-state index in [-0.39, 0.29) is 11.5 Å². The second kappa shape index (κ2) is 5.73. The number of halogens is 1. The highest BCUT2D eigenvalue weighted by molar-refractivity contribution is 6.30. The van der Waals surface area contributed by atoms with Crippen LogP contribution in [-0.4, -0.2) is 5.78 Å². The van der Waals surface area contributed by atoms with Crippen molar-refractivity contribution in [2.75, 3.05) is 0 Å². The number of ketones is 1. The largest absolute Gasteiger partial charge is 0.458 e. The lowest BCUT2D eigenvalue weighted by molar-refractivity contribution is 0.0950. The fraction of sp³-hybridized carbons (Fsp3) is 0.200. The summed E-state index contributed by atoms with van der Waals surface area (Å²) < 4.78 is 5.40. The van der Waals surface area contributed by atoms with Gasteiger partial charge in [0.25, 0.3) is 0 Å². The van der Waals surface area contributed by atoms with Gasteiger partial charge in [0.05, 0.1) is 6.07 Å². The number of carbonyl (C=O) groups is 1. The van der Waals surface area contributed by atoms with Crippen LogP contribution in [0.4, 0.5) is 0 Å². The second-order valence-corrected chi connectivity index (χ2v) is 4.53. The van der Waals surface area contributed by atoms with E-state index in [9.17, 15) is 10.1 Å². The van der Waals surface area contributed by atoms with E-state index in [1.165, 1.54) is 0 Å². The molecule has 0 amide bonds. The number of benzene rings is 1. The molecular weight excluding hydrogens is 262 g/mol. The molecule has 0 aliphatic rings. The number of aryl methyl sites for hydroxylation is 1. The molecule has 1 unspecified atom stereocenters. The number of Topliss-reactive ketones (excluding diaryl/α,β-unsaturated/α-hetero) is 1. The quantitative estimate of drug-likeness (QED) is 0.792. The van der Waals surface area contributed by atoms with Crippen molar-refractivity contribution in [2.24, 2.45) is 0 Å². The molecule has 3 nitrogen and oxygen atoms in total. The molecule has 2 rings (SSSR count). The summed E-state index contributed by atoms with van der Waals surface area (Å²) in [6.07, 6.45) is 0.714. The Kier molecular flexibility index (Phi) is 4.03. The number of carbonyl (C=O) groups excluding carboxylic acids is 1. The fourth-order valence-corrected chi connectivity index (χ4v) is 1.91. The highest BCUT2D eigenvalue weighted by atomic mass is 35.5. The molecule has 1 atom stereocenters. The van der Waals surface area contributed by atoms with Gasteiger partial charge >= 0.3 is 0 Å². The SMILES string of the molecule is CCc1ccc(C(=O)C(C#N)c2ccc(Cl)cc2)o1. The molecule has 0 spiro atoms. The molecule has 0 aliphatic carbocycles. The van der Waals surface area contributed by atoms with Gasteiger partial charge in [-0.2, -0.15) is 5.26 Å². The molecule has 0 radical (unpaired) electrons. The van der Waals surface area contributed by atoms with Gasteiger partial charge in [-0.1, -0.05) is 30.7 Å². The van der Waals surface area contributed by atoms with Crippen LogP contribution in [0.25, 0.3) is 0 Å². The Morgan fingerprint density at radius 1 is 1.32 bits per heavy atom. The van der Waals surface area contributed by atoms with Crippen molar-refractivity contribution >= 4 is 17.4 Å². The minimum absolute atomic E-state index is 0.221. The van der Waals surface area contributed by atoms with Crippen LogP contribution in [0.5, 0.6) is 0 Å². The molecule has 1 aromatic carbocycles. The lowest BCUT2D eigenvalue weighted by atomic mass is 9.95. The molecule has 19 heavy (non-hydrogen) atoms. The summed E-state index contributed by atoms with van der Waals surface area (Å²) in [5.41, 5.74) is 0.617. The maximum Gasteiger partial charge on any atom is 0.219 e. The van der Waals surface area contributed by atoms with E-state index >= 15 is 0 Å². The first-order valence-corrected chi connectivity index (χ1v) is 6.31. The maximum absolute atomic E-state index is 12.2. The summed E-state index contributed by atoms with van der Waals surface area (Å²) in [7, 11) is 0. The van der Waals surface area contributed by atoms with E-state index in [0.29, 0.717) is 17.0 Å². The number of hydrogen-bond acceptors (Lipinski definition) is 3. The Bertz CT molecular complexity index is 622. The molecule has 0 N–H and O–H groups in total. The second-order valence-electron chi connectivity index (χ2n) is 4.10. The van der Waals surface area contributed by atoms with Gasteiger partial charge in [0.15, 0.2) is 5.76 Å². The van der Waals surface area contributed by atoms with E-state index in [2.05, 4.69) is 0 Å². The maximum atomic E-state index is 12.2. The normalized spacial score (nSPS) is 11.8. The van der Waals surface area contributed by atoms with E-state index in [4.69, 9.17) is 16.0 Å². The lowest BCUT2D eigenvalue weighted by Crippen LogP contribution is -2.10.